The summed E-state index contributed by atoms with van der Waals surface area (Å²) in [6.07, 6.45) is 4.24. The monoisotopic (exact) mass is 211 g/mol. The molecule has 0 heterocycles. The molecule has 0 aromatic rings. The molecule has 0 aliphatic carbocycles. The van der Waals surface area contributed by atoms with Crippen molar-refractivity contribution in [3.05, 3.63) is 24.3 Å². The van der Waals surface area contributed by atoms with Gasteiger partial charge >= 0.3 is 6.09 Å². The zero-order valence-electron chi connectivity index (χ0n) is 10.1. The molecule has 0 aliphatic rings. The lowest BCUT2D eigenvalue weighted by Gasteiger charge is -2.27. The van der Waals surface area contributed by atoms with Gasteiger partial charge < -0.3 is 9.64 Å². The normalized spacial score (nSPS) is 13.2. The number of ether oxygens (including phenoxy) is 1. The van der Waals surface area contributed by atoms with Gasteiger partial charge in [0.15, 0.2) is 0 Å². The Balaban J connectivity index is 4.59. The van der Waals surface area contributed by atoms with Crippen molar-refractivity contribution in [2.45, 2.75) is 33.2 Å². The predicted octanol–water partition coefficient (Wildman–Crippen LogP) is 2.99. The Bertz CT molecular complexity index is 246. The minimum absolute atomic E-state index is 0.0852. The van der Waals surface area contributed by atoms with Crippen LogP contribution >= 0.6 is 0 Å². The van der Waals surface area contributed by atoms with E-state index in [4.69, 9.17) is 4.74 Å². The molecule has 86 valence electrons. The largest absolute Gasteiger partial charge is 0.450 e. The van der Waals surface area contributed by atoms with Crippen LogP contribution in [0, 0.1) is 0 Å². The van der Waals surface area contributed by atoms with Gasteiger partial charge in [-0.25, -0.2) is 4.79 Å². The third kappa shape index (κ3) is 4.19. The molecule has 0 saturated carbocycles. The molecule has 0 aromatic carbocycles. The van der Waals surface area contributed by atoms with E-state index in [0.29, 0.717) is 6.61 Å². The fourth-order valence-electron chi connectivity index (χ4n) is 1.55. The van der Waals surface area contributed by atoms with Gasteiger partial charge in [0.25, 0.3) is 0 Å². The average molecular weight is 211 g/mol. The third-order valence-electron chi connectivity index (χ3n) is 2.32. The van der Waals surface area contributed by atoms with Gasteiger partial charge in [-0.2, -0.15) is 0 Å². The second-order valence-corrected chi connectivity index (χ2v) is 3.38. The summed E-state index contributed by atoms with van der Waals surface area (Å²) >= 11 is 0. The zero-order valence-corrected chi connectivity index (χ0v) is 10.1. The predicted molar refractivity (Wildman–Crippen MR) is 62.8 cm³/mol. The average Bonchev–Trinajstić information content (AvgIpc) is 2.19. The van der Waals surface area contributed by atoms with Gasteiger partial charge in [-0.1, -0.05) is 31.2 Å². The highest BCUT2D eigenvalue weighted by molar-refractivity contribution is 5.68. The minimum Gasteiger partial charge on any atom is -0.450 e. The molecular weight excluding hydrogens is 190 g/mol. The van der Waals surface area contributed by atoms with Crippen molar-refractivity contribution in [3.8, 4) is 0 Å². The summed E-state index contributed by atoms with van der Waals surface area (Å²) in [5, 5.41) is 0. The standard InChI is InChI=1S/C12H21NO2/c1-6-9-10(4)11(7-2)13(5)12(14)15-8-3/h6,9,11H,1,7-8H2,2-5H3/t11-/m1/s1. The van der Waals surface area contributed by atoms with Gasteiger partial charge in [0, 0.05) is 7.05 Å². The van der Waals surface area contributed by atoms with Crippen molar-refractivity contribution in [3.63, 3.8) is 0 Å². The number of carbonyl (C=O) groups is 1. The molecule has 0 fully saturated rings. The molecule has 0 bridgehead atoms. The maximum atomic E-state index is 11.5. The third-order valence-corrected chi connectivity index (χ3v) is 2.32. The molecule has 0 unspecified atom stereocenters. The molecule has 0 rings (SSSR count). The Hall–Kier alpha value is -1.25. The Morgan fingerprint density at radius 3 is 2.53 bits per heavy atom. The number of rotatable bonds is 5. The van der Waals surface area contributed by atoms with Crippen LogP contribution in [0.4, 0.5) is 4.79 Å². The van der Waals surface area contributed by atoms with Crippen molar-refractivity contribution in [2.75, 3.05) is 13.7 Å². The molecule has 3 heteroatoms. The summed E-state index contributed by atoms with van der Waals surface area (Å²) in [6.45, 7) is 9.89. The van der Waals surface area contributed by atoms with Gasteiger partial charge in [0.05, 0.1) is 12.6 Å². The van der Waals surface area contributed by atoms with Crippen LogP contribution in [0.25, 0.3) is 0 Å². The van der Waals surface area contributed by atoms with Crippen LogP contribution in [-0.4, -0.2) is 30.7 Å². The van der Waals surface area contributed by atoms with Crippen molar-refractivity contribution < 1.29 is 9.53 Å². The van der Waals surface area contributed by atoms with E-state index in [-0.39, 0.29) is 12.1 Å². The van der Waals surface area contributed by atoms with Crippen LogP contribution in [0.2, 0.25) is 0 Å². The van der Waals surface area contributed by atoms with Gasteiger partial charge in [0.2, 0.25) is 0 Å². The molecule has 0 radical (unpaired) electrons. The topological polar surface area (TPSA) is 29.5 Å². The van der Waals surface area contributed by atoms with Crippen LogP contribution in [0.15, 0.2) is 24.3 Å². The Labute approximate surface area is 92.4 Å². The van der Waals surface area contributed by atoms with E-state index < -0.39 is 0 Å². The molecule has 0 saturated heterocycles. The summed E-state index contributed by atoms with van der Waals surface area (Å²) in [7, 11) is 1.76. The molecule has 0 aromatic heterocycles. The Morgan fingerprint density at radius 1 is 1.53 bits per heavy atom. The van der Waals surface area contributed by atoms with Crippen molar-refractivity contribution in [1.82, 2.24) is 4.90 Å². The highest BCUT2D eigenvalue weighted by atomic mass is 16.6. The number of likely N-dealkylation sites (N-methyl/N-ethyl adjacent to an activating group) is 1. The first-order valence-electron chi connectivity index (χ1n) is 5.27. The van der Waals surface area contributed by atoms with E-state index in [1.54, 1.807) is 24.9 Å². The minimum atomic E-state index is -0.277. The second kappa shape index (κ2) is 7.10. The smallest absolute Gasteiger partial charge is 0.409 e. The van der Waals surface area contributed by atoms with Crippen LogP contribution in [0.1, 0.15) is 27.2 Å². The summed E-state index contributed by atoms with van der Waals surface area (Å²) < 4.78 is 4.95. The highest BCUT2D eigenvalue weighted by Gasteiger charge is 2.19. The van der Waals surface area contributed by atoms with E-state index in [2.05, 4.69) is 6.58 Å². The molecule has 15 heavy (non-hydrogen) atoms. The summed E-state index contributed by atoms with van der Waals surface area (Å²) in [5.74, 6) is 0. The van der Waals surface area contributed by atoms with Crippen molar-refractivity contribution >= 4 is 6.09 Å². The van der Waals surface area contributed by atoms with Crippen molar-refractivity contribution in [1.29, 1.82) is 0 Å². The number of allylic oxidation sites excluding steroid dienone is 2. The van der Waals surface area contributed by atoms with Crippen LogP contribution < -0.4 is 0 Å². The van der Waals surface area contributed by atoms with Crippen LogP contribution in [-0.2, 0) is 4.74 Å². The zero-order chi connectivity index (χ0) is 11.8. The first-order chi connectivity index (χ1) is 7.08. The molecule has 0 spiro atoms. The molecule has 0 N–H and O–H groups in total. The van der Waals surface area contributed by atoms with E-state index in [1.807, 2.05) is 19.9 Å². The van der Waals surface area contributed by atoms with Gasteiger partial charge in [-0.05, 0) is 20.3 Å². The van der Waals surface area contributed by atoms with Gasteiger partial charge in [-0.3, -0.25) is 0 Å². The van der Waals surface area contributed by atoms with E-state index in [1.165, 1.54) is 0 Å². The lowest BCUT2D eigenvalue weighted by atomic mass is 10.1. The maximum Gasteiger partial charge on any atom is 0.409 e. The fraction of sp³-hybridized carbons (Fsp3) is 0.583. The summed E-state index contributed by atoms with van der Waals surface area (Å²) in [4.78, 5) is 13.1. The summed E-state index contributed by atoms with van der Waals surface area (Å²) in [6, 6.07) is 0.0852. The number of carbonyl (C=O) groups excluding carboxylic acids is 1. The lowest BCUT2D eigenvalue weighted by Crippen LogP contribution is -2.37. The lowest BCUT2D eigenvalue weighted by molar-refractivity contribution is 0.106. The van der Waals surface area contributed by atoms with E-state index in [9.17, 15) is 4.79 Å². The molecule has 1 atom stereocenters. The van der Waals surface area contributed by atoms with Gasteiger partial charge in [0.1, 0.15) is 0 Å². The molecular formula is C12H21NO2. The second-order valence-electron chi connectivity index (χ2n) is 3.38. The summed E-state index contributed by atoms with van der Waals surface area (Å²) in [5.41, 5.74) is 1.11. The SMILES string of the molecule is C=CC=C(C)[C@@H](CC)N(C)C(=O)OCC. The Morgan fingerprint density at radius 2 is 2.13 bits per heavy atom. The molecule has 3 nitrogen and oxygen atoms in total. The number of hydrogen-bond donors (Lipinski definition) is 0. The number of nitrogens with zero attached hydrogens (tertiary/aromatic N) is 1. The van der Waals surface area contributed by atoms with E-state index in [0.717, 1.165) is 12.0 Å². The Kier molecular flexibility index (Phi) is 6.50. The maximum absolute atomic E-state index is 11.5. The van der Waals surface area contributed by atoms with Crippen molar-refractivity contribution in [2.24, 2.45) is 0 Å². The first kappa shape index (κ1) is 13.8. The molecule has 1 amide bonds. The van der Waals surface area contributed by atoms with Crippen LogP contribution in [0.3, 0.4) is 0 Å². The van der Waals surface area contributed by atoms with E-state index >= 15 is 0 Å². The highest BCUT2D eigenvalue weighted by Crippen LogP contribution is 2.13. The van der Waals surface area contributed by atoms with Gasteiger partial charge in [-0.15, -0.1) is 0 Å². The molecule has 0 aliphatic heterocycles. The van der Waals surface area contributed by atoms with Crippen LogP contribution in [0.5, 0.6) is 0 Å². The quantitative estimate of drug-likeness (QED) is 0.654. The fourth-order valence-corrected chi connectivity index (χ4v) is 1.55. The number of hydrogen-bond acceptors (Lipinski definition) is 2. The number of amides is 1. The first-order valence-corrected chi connectivity index (χ1v) is 5.27.